The molecule has 0 unspecified atom stereocenters. The topological polar surface area (TPSA) is 18.5 Å². The summed E-state index contributed by atoms with van der Waals surface area (Å²) in [5, 5.41) is 0. The van der Waals surface area contributed by atoms with Gasteiger partial charge in [-0.2, -0.15) is 0 Å². The molecule has 0 aliphatic rings. The Balaban J connectivity index is 3.20. The van der Waals surface area contributed by atoms with E-state index in [1.54, 1.807) is 14.2 Å². The smallest absolute Gasteiger partial charge is 0.122 e. The monoisotopic (exact) mass is 250 g/mol. The lowest BCUT2D eigenvalue weighted by atomic mass is 9.72. The molecule has 0 amide bonds. The molecule has 0 aliphatic carbocycles. The lowest BCUT2D eigenvalue weighted by molar-refractivity contribution is 0.276. The van der Waals surface area contributed by atoms with E-state index in [2.05, 4.69) is 40.7 Å². The molecule has 0 N–H and O–H groups in total. The molecule has 1 aromatic carbocycles. The van der Waals surface area contributed by atoms with Crippen LogP contribution in [0.4, 0.5) is 0 Å². The lowest BCUT2D eigenvalue weighted by Crippen LogP contribution is -2.25. The van der Waals surface area contributed by atoms with Gasteiger partial charge >= 0.3 is 0 Å². The molecule has 0 bridgehead atoms. The van der Waals surface area contributed by atoms with Gasteiger partial charge in [0, 0.05) is 5.56 Å². The molecule has 1 rings (SSSR count). The summed E-state index contributed by atoms with van der Waals surface area (Å²) in [5.74, 6) is 1.82. The molecule has 0 fully saturated rings. The Bertz CT molecular complexity index is 400. The van der Waals surface area contributed by atoms with Crippen molar-refractivity contribution in [2.24, 2.45) is 5.41 Å². The Morgan fingerprint density at radius 3 is 2.00 bits per heavy atom. The van der Waals surface area contributed by atoms with Gasteiger partial charge < -0.3 is 9.47 Å². The summed E-state index contributed by atoms with van der Waals surface area (Å²) in [6.45, 7) is 11.3. The second kappa shape index (κ2) is 5.21. The highest BCUT2D eigenvalue weighted by molar-refractivity contribution is 5.44. The maximum absolute atomic E-state index is 5.49. The quantitative estimate of drug-likeness (QED) is 0.787. The van der Waals surface area contributed by atoms with E-state index in [4.69, 9.17) is 9.47 Å². The Morgan fingerprint density at radius 1 is 0.944 bits per heavy atom. The van der Waals surface area contributed by atoms with Gasteiger partial charge in [-0.25, -0.2) is 0 Å². The fourth-order valence-corrected chi connectivity index (χ4v) is 2.76. The van der Waals surface area contributed by atoms with Gasteiger partial charge in [0.1, 0.15) is 11.5 Å². The Kier molecular flexibility index (Phi) is 4.31. The van der Waals surface area contributed by atoms with Crippen molar-refractivity contribution in [1.82, 2.24) is 0 Å². The van der Waals surface area contributed by atoms with Gasteiger partial charge in [0.05, 0.1) is 14.2 Å². The Labute approximate surface area is 111 Å². The van der Waals surface area contributed by atoms with Gasteiger partial charge in [-0.05, 0) is 35.4 Å². The molecular formula is C16H26O2. The van der Waals surface area contributed by atoms with Gasteiger partial charge in [0.2, 0.25) is 0 Å². The summed E-state index contributed by atoms with van der Waals surface area (Å²) in [6.07, 6.45) is 1.09. The normalized spacial score (nSPS) is 12.4. The first-order valence-electron chi connectivity index (χ1n) is 6.42. The minimum atomic E-state index is 0.0537. The van der Waals surface area contributed by atoms with Gasteiger partial charge in [0.25, 0.3) is 0 Å². The summed E-state index contributed by atoms with van der Waals surface area (Å²) >= 11 is 0. The Hall–Kier alpha value is -1.18. The summed E-state index contributed by atoms with van der Waals surface area (Å²) in [4.78, 5) is 0. The molecule has 0 heterocycles. The number of benzene rings is 1. The van der Waals surface area contributed by atoms with Crippen LogP contribution in [0.1, 0.15) is 46.6 Å². The molecular weight excluding hydrogens is 224 g/mol. The van der Waals surface area contributed by atoms with Crippen molar-refractivity contribution in [3.05, 3.63) is 23.8 Å². The van der Waals surface area contributed by atoms with Crippen LogP contribution in [0.5, 0.6) is 11.5 Å². The molecule has 102 valence electrons. The van der Waals surface area contributed by atoms with Crippen molar-refractivity contribution in [2.45, 2.75) is 46.5 Å². The van der Waals surface area contributed by atoms with Crippen molar-refractivity contribution in [3.8, 4) is 11.5 Å². The molecule has 18 heavy (non-hydrogen) atoms. The van der Waals surface area contributed by atoms with Gasteiger partial charge in [-0.1, -0.05) is 34.6 Å². The average Bonchev–Trinajstić information content (AvgIpc) is 2.25. The minimum Gasteiger partial charge on any atom is -0.497 e. The average molecular weight is 250 g/mol. The number of hydrogen-bond donors (Lipinski definition) is 0. The maximum Gasteiger partial charge on any atom is 0.122 e. The van der Waals surface area contributed by atoms with E-state index in [-0.39, 0.29) is 10.8 Å². The van der Waals surface area contributed by atoms with Crippen LogP contribution >= 0.6 is 0 Å². The van der Waals surface area contributed by atoms with E-state index in [0.717, 1.165) is 17.9 Å². The summed E-state index contributed by atoms with van der Waals surface area (Å²) < 4.78 is 10.8. The number of methoxy groups -OCH3 is 2. The predicted octanol–water partition coefficient (Wildman–Crippen LogP) is 4.42. The SMILES string of the molecule is COc1ccc(OC)c(C(C)(C)CC(C)(C)C)c1. The molecule has 0 aliphatic heterocycles. The zero-order valence-corrected chi connectivity index (χ0v) is 12.8. The van der Waals surface area contributed by atoms with Crippen molar-refractivity contribution in [2.75, 3.05) is 14.2 Å². The third-order valence-corrected chi connectivity index (χ3v) is 3.11. The highest BCUT2D eigenvalue weighted by atomic mass is 16.5. The van der Waals surface area contributed by atoms with E-state index in [0.29, 0.717) is 0 Å². The molecule has 2 heteroatoms. The van der Waals surface area contributed by atoms with Crippen LogP contribution in [0.15, 0.2) is 18.2 Å². The molecule has 0 atom stereocenters. The fraction of sp³-hybridized carbons (Fsp3) is 0.625. The first-order valence-corrected chi connectivity index (χ1v) is 6.42. The predicted molar refractivity (Wildman–Crippen MR) is 76.6 cm³/mol. The minimum absolute atomic E-state index is 0.0537. The van der Waals surface area contributed by atoms with Gasteiger partial charge in [-0.3, -0.25) is 0 Å². The third kappa shape index (κ3) is 3.66. The summed E-state index contributed by atoms with van der Waals surface area (Å²) in [7, 11) is 3.42. The van der Waals surface area contributed by atoms with Crippen molar-refractivity contribution in [1.29, 1.82) is 0 Å². The molecule has 0 radical (unpaired) electrons. The molecule has 1 aromatic rings. The van der Waals surface area contributed by atoms with Gasteiger partial charge in [0.15, 0.2) is 0 Å². The van der Waals surface area contributed by atoms with Gasteiger partial charge in [-0.15, -0.1) is 0 Å². The van der Waals surface area contributed by atoms with E-state index in [1.165, 1.54) is 5.56 Å². The van der Waals surface area contributed by atoms with Crippen LogP contribution in [-0.2, 0) is 5.41 Å². The molecule has 2 nitrogen and oxygen atoms in total. The fourth-order valence-electron chi connectivity index (χ4n) is 2.76. The van der Waals surface area contributed by atoms with Crippen LogP contribution in [0, 0.1) is 5.41 Å². The van der Waals surface area contributed by atoms with E-state index >= 15 is 0 Å². The van der Waals surface area contributed by atoms with Crippen LogP contribution in [0.2, 0.25) is 0 Å². The van der Waals surface area contributed by atoms with E-state index in [9.17, 15) is 0 Å². The molecule has 0 saturated carbocycles. The lowest BCUT2D eigenvalue weighted by Gasteiger charge is -2.34. The third-order valence-electron chi connectivity index (χ3n) is 3.11. The van der Waals surface area contributed by atoms with Crippen LogP contribution < -0.4 is 9.47 Å². The molecule has 0 aromatic heterocycles. The van der Waals surface area contributed by atoms with Crippen LogP contribution in [0.25, 0.3) is 0 Å². The highest BCUT2D eigenvalue weighted by Gasteiger charge is 2.30. The first kappa shape index (κ1) is 14.9. The second-order valence-electron chi connectivity index (χ2n) is 6.69. The van der Waals surface area contributed by atoms with Crippen molar-refractivity contribution < 1.29 is 9.47 Å². The summed E-state index contributed by atoms with van der Waals surface area (Å²) in [5.41, 5.74) is 1.54. The number of hydrogen-bond acceptors (Lipinski definition) is 2. The number of ether oxygens (including phenoxy) is 2. The number of rotatable bonds is 4. The summed E-state index contributed by atoms with van der Waals surface area (Å²) in [6, 6.07) is 6.01. The zero-order chi connectivity index (χ0) is 14.0. The Morgan fingerprint density at radius 2 is 1.56 bits per heavy atom. The first-order chi connectivity index (χ1) is 8.19. The van der Waals surface area contributed by atoms with E-state index in [1.807, 2.05) is 12.1 Å². The van der Waals surface area contributed by atoms with E-state index < -0.39 is 0 Å². The van der Waals surface area contributed by atoms with Crippen LogP contribution in [0.3, 0.4) is 0 Å². The maximum atomic E-state index is 5.49. The van der Waals surface area contributed by atoms with Crippen molar-refractivity contribution >= 4 is 0 Å². The largest absolute Gasteiger partial charge is 0.497 e. The van der Waals surface area contributed by atoms with Crippen molar-refractivity contribution in [3.63, 3.8) is 0 Å². The highest BCUT2D eigenvalue weighted by Crippen LogP contribution is 2.41. The van der Waals surface area contributed by atoms with Crippen LogP contribution in [-0.4, -0.2) is 14.2 Å². The molecule has 0 saturated heterocycles. The second-order valence-corrected chi connectivity index (χ2v) is 6.69. The zero-order valence-electron chi connectivity index (χ0n) is 12.8. The standard InChI is InChI=1S/C16H26O2/c1-15(2,3)11-16(4,5)13-10-12(17-6)8-9-14(13)18-7/h8-10H,11H2,1-7H3. The molecule has 0 spiro atoms.